The maximum absolute atomic E-state index is 8.84. The average molecular weight is 225 g/mol. The van der Waals surface area contributed by atoms with E-state index in [1.165, 1.54) is 10.5 Å². The predicted octanol–water partition coefficient (Wildman–Crippen LogP) is 2.05. The number of aliphatic hydroxyl groups is 1. The summed E-state index contributed by atoms with van der Waals surface area (Å²) in [7, 11) is 0. The lowest BCUT2D eigenvalue weighted by atomic mass is 10.1. The maximum Gasteiger partial charge on any atom is 0.0585 e. The van der Waals surface area contributed by atoms with Crippen LogP contribution in [0.2, 0.25) is 0 Å². The van der Waals surface area contributed by atoms with Gasteiger partial charge < -0.3 is 10.8 Å². The summed E-state index contributed by atoms with van der Waals surface area (Å²) in [6, 6.07) is 8.25. The van der Waals surface area contributed by atoms with Crippen LogP contribution in [-0.4, -0.2) is 23.0 Å². The molecule has 0 aliphatic rings. The van der Waals surface area contributed by atoms with Crippen molar-refractivity contribution in [1.29, 1.82) is 0 Å². The number of hydrogen-bond donors (Lipinski definition) is 2. The third-order valence-corrected chi connectivity index (χ3v) is 3.04. The highest BCUT2D eigenvalue weighted by Crippen LogP contribution is 2.22. The first-order valence-electron chi connectivity index (χ1n) is 5.24. The Kier molecular flexibility index (Phi) is 5.15. The first kappa shape index (κ1) is 12.6. The van der Waals surface area contributed by atoms with E-state index in [1.54, 1.807) is 0 Å². The van der Waals surface area contributed by atoms with E-state index in [1.807, 2.05) is 11.8 Å². The number of benzene rings is 1. The molecule has 0 aliphatic carbocycles. The molecule has 0 spiro atoms. The second kappa shape index (κ2) is 6.16. The van der Waals surface area contributed by atoms with E-state index in [-0.39, 0.29) is 12.6 Å². The molecular weight excluding hydrogens is 206 g/mol. The first-order chi connectivity index (χ1) is 7.11. The number of hydrogen-bond acceptors (Lipinski definition) is 3. The summed E-state index contributed by atoms with van der Waals surface area (Å²) in [5.41, 5.74) is 6.85. The van der Waals surface area contributed by atoms with Gasteiger partial charge in [0.1, 0.15) is 0 Å². The van der Waals surface area contributed by atoms with Crippen molar-refractivity contribution < 1.29 is 5.11 Å². The maximum atomic E-state index is 8.84. The van der Waals surface area contributed by atoms with Gasteiger partial charge in [-0.3, -0.25) is 0 Å². The fraction of sp³-hybridized carbons (Fsp3) is 0.500. The molecule has 3 N–H and O–H groups in total. The van der Waals surface area contributed by atoms with Gasteiger partial charge in [0.05, 0.1) is 6.61 Å². The monoisotopic (exact) mass is 225 g/mol. The van der Waals surface area contributed by atoms with Crippen LogP contribution in [0.15, 0.2) is 29.2 Å². The Morgan fingerprint density at radius 3 is 2.33 bits per heavy atom. The van der Waals surface area contributed by atoms with Gasteiger partial charge in [0.15, 0.2) is 0 Å². The lowest BCUT2D eigenvalue weighted by molar-refractivity contribution is 0.265. The predicted molar refractivity (Wildman–Crippen MR) is 66.2 cm³/mol. The third kappa shape index (κ3) is 4.69. The van der Waals surface area contributed by atoms with Gasteiger partial charge in [0.2, 0.25) is 0 Å². The minimum absolute atomic E-state index is 0.0441. The van der Waals surface area contributed by atoms with Crippen LogP contribution in [0.5, 0.6) is 0 Å². The molecular formula is C12H19NOS. The van der Waals surface area contributed by atoms with Gasteiger partial charge in [-0.25, -0.2) is 0 Å². The van der Waals surface area contributed by atoms with Gasteiger partial charge in [-0.05, 0) is 24.1 Å². The molecule has 0 amide bonds. The van der Waals surface area contributed by atoms with Gasteiger partial charge in [0, 0.05) is 16.2 Å². The van der Waals surface area contributed by atoms with Crippen molar-refractivity contribution in [2.24, 2.45) is 5.73 Å². The molecule has 3 heteroatoms. The van der Waals surface area contributed by atoms with Crippen LogP contribution >= 0.6 is 11.8 Å². The van der Waals surface area contributed by atoms with Gasteiger partial charge in [-0.2, -0.15) is 0 Å². The zero-order chi connectivity index (χ0) is 11.3. The molecule has 84 valence electrons. The van der Waals surface area contributed by atoms with E-state index < -0.39 is 0 Å². The van der Waals surface area contributed by atoms with Crippen molar-refractivity contribution in [2.45, 2.75) is 36.5 Å². The highest BCUT2D eigenvalue weighted by Gasteiger charge is 2.03. The molecule has 15 heavy (non-hydrogen) atoms. The van der Waals surface area contributed by atoms with E-state index in [4.69, 9.17) is 10.8 Å². The van der Waals surface area contributed by atoms with Crippen LogP contribution in [-0.2, 0) is 6.42 Å². The molecule has 0 heterocycles. The van der Waals surface area contributed by atoms with Crippen LogP contribution in [0, 0.1) is 0 Å². The summed E-state index contributed by atoms with van der Waals surface area (Å²) < 4.78 is 0. The molecule has 0 radical (unpaired) electrons. The number of nitrogens with two attached hydrogens (primary N) is 1. The molecule has 1 unspecified atom stereocenters. The highest BCUT2D eigenvalue weighted by molar-refractivity contribution is 7.99. The molecule has 0 aromatic heterocycles. The molecule has 0 saturated carbocycles. The van der Waals surface area contributed by atoms with E-state index in [0.717, 1.165) is 6.42 Å². The van der Waals surface area contributed by atoms with Crippen LogP contribution in [0.3, 0.4) is 0 Å². The topological polar surface area (TPSA) is 46.2 Å². The minimum Gasteiger partial charge on any atom is -0.395 e. The van der Waals surface area contributed by atoms with Crippen LogP contribution in [0.4, 0.5) is 0 Å². The summed E-state index contributed by atoms with van der Waals surface area (Å²) in [5, 5.41) is 9.45. The van der Waals surface area contributed by atoms with Crippen molar-refractivity contribution in [3.8, 4) is 0 Å². The Morgan fingerprint density at radius 1 is 1.27 bits per heavy atom. The number of thioether (sulfide) groups is 1. The summed E-state index contributed by atoms with van der Waals surface area (Å²) in [6.45, 7) is 4.41. The zero-order valence-corrected chi connectivity index (χ0v) is 10.1. The van der Waals surface area contributed by atoms with E-state index in [2.05, 4.69) is 38.1 Å². The summed E-state index contributed by atoms with van der Waals surface area (Å²) >= 11 is 1.85. The molecule has 2 nitrogen and oxygen atoms in total. The molecule has 1 aromatic rings. The average Bonchev–Trinajstić information content (AvgIpc) is 2.20. The molecule has 0 fully saturated rings. The minimum atomic E-state index is -0.145. The van der Waals surface area contributed by atoms with Gasteiger partial charge in [0.25, 0.3) is 0 Å². The number of rotatable bonds is 5. The molecule has 1 rings (SSSR count). The Hall–Kier alpha value is -0.510. The molecule has 0 aliphatic heterocycles. The SMILES string of the molecule is CC(C)Sc1ccc(CC(N)CO)cc1. The quantitative estimate of drug-likeness (QED) is 0.754. The Bertz CT molecular complexity index is 284. The van der Waals surface area contributed by atoms with Crippen molar-refractivity contribution in [2.75, 3.05) is 6.61 Å². The molecule has 0 saturated heterocycles. The largest absolute Gasteiger partial charge is 0.395 e. The summed E-state index contributed by atoms with van der Waals surface area (Å²) in [4.78, 5) is 1.28. The van der Waals surface area contributed by atoms with Crippen molar-refractivity contribution >= 4 is 11.8 Å². The second-order valence-electron chi connectivity index (χ2n) is 3.96. The smallest absolute Gasteiger partial charge is 0.0585 e. The van der Waals surface area contributed by atoms with Gasteiger partial charge >= 0.3 is 0 Å². The van der Waals surface area contributed by atoms with Crippen molar-refractivity contribution in [1.82, 2.24) is 0 Å². The van der Waals surface area contributed by atoms with Gasteiger partial charge in [-0.1, -0.05) is 26.0 Å². The van der Waals surface area contributed by atoms with Crippen LogP contribution < -0.4 is 5.73 Å². The van der Waals surface area contributed by atoms with Gasteiger partial charge in [-0.15, -0.1) is 11.8 Å². The Labute approximate surface area is 95.9 Å². The third-order valence-electron chi connectivity index (χ3n) is 2.03. The van der Waals surface area contributed by atoms with Crippen molar-refractivity contribution in [3.63, 3.8) is 0 Å². The van der Waals surface area contributed by atoms with E-state index >= 15 is 0 Å². The molecule has 1 atom stereocenters. The molecule has 1 aromatic carbocycles. The fourth-order valence-electron chi connectivity index (χ4n) is 1.34. The normalized spacial score (nSPS) is 13.1. The Balaban J connectivity index is 2.56. The first-order valence-corrected chi connectivity index (χ1v) is 6.12. The van der Waals surface area contributed by atoms with Crippen LogP contribution in [0.1, 0.15) is 19.4 Å². The Morgan fingerprint density at radius 2 is 1.87 bits per heavy atom. The number of aliphatic hydroxyl groups excluding tert-OH is 1. The summed E-state index contributed by atoms with van der Waals surface area (Å²) in [5.74, 6) is 0. The zero-order valence-electron chi connectivity index (χ0n) is 9.31. The second-order valence-corrected chi connectivity index (χ2v) is 5.61. The lowest BCUT2D eigenvalue weighted by Crippen LogP contribution is -2.26. The fourth-order valence-corrected chi connectivity index (χ4v) is 2.18. The van der Waals surface area contributed by atoms with Crippen LogP contribution in [0.25, 0.3) is 0 Å². The van der Waals surface area contributed by atoms with E-state index in [0.29, 0.717) is 5.25 Å². The molecule has 0 bridgehead atoms. The van der Waals surface area contributed by atoms with E-state index in [9.17, 15) is 0 Å². The van der Waals surface area contributed by atoms with Crippen molar-refractivity contribution in [3.05, 3.63) is 29.8 Å². The highest BCUT2D eigenvalue weighted by atomic mass is 32.2. The lowest BCUT2D eigenvalue weighted by Gasteiger charge is -2.09. The summed E-state index contributed by atoms with van der Waals surface area (Å²) in [6.07, 6.45) is 0.739. The standard InChI is InChI=1S/C12H19NOS/c1-9(2)15-12-5-3-10(4-6-12)7-11(13)8-14/h3-6,9,11,14H,7-8,13H2,1-2H3.